The molecule has 4 nitrogen and oxygen atoms in total. The Morgan fingerprint density at radius 3 is 2.78 bits per heavy atom. The van der Waals surface area contributed by atoms with Crippen molar-refractivity contribution in [3.05, 3.63) is 59.7 Å². The molecule has 1 aliphatic heterocycles. The first-order chi connectivity index (χ1) is 11.2. The molecule has 0 fully saturated rings. The molecule has 0 saturated heterocycles. The Kier molecular flexibility index (Phi) is 4.63. The molecule has 2 aromatic carbocycles. The van der Waals surface area contributed by atoms with E-state index in [1.54, 1.807) is 12.0 Å². The number of methoxy groups -OCH3 is 1. The minimum atomic E-state index is -0.519. The summed E-state index contributed by atoms with van der Waals surface area (Å²) in [5.74, 6) is 0.772. The molecule has 1 heterocycles. The van der Waals surface area contributed by atoms with E-state index < -0.39 is 6.10 Å². The van der Waals surface area contributed by atoms with Gasteiger partial charge in [-0.2, -0.15) is 0 Å². The molecule has 2 aromatic rings. The van der Waals surface area contributed by atoms with Gasteiger partial charge < -0.3 is 14.7 Å². The smallest absolute Gasteiger partial charge is 0.227 e. The first-order valence-electron chi connectivity index (χ1n) is 7.89. The number of carbonyl (C=O) groups excluding carboxylic acids is 1. The molecule has 1 amide bonds. The van der Waals surface area contributed by atoms with Crippen LogP contribution in [-0.4, -0.2) is 24.7 Å². The van der Waals surface area contributed by atoms with Crippen molar-refractivity contribution in [2.75, 3.05) is 18.6 Å². The van der Waals surface area contributed by atoms with Gasteiger partial charge in [0.1, 0.15) is 5.75 Å². The Morgan fingerprint density at radius 1 is 1.26 bits per heavy atom. The molecule has 0 spiro atoms. The molecule has 1 N–H and O–H groups in total. The Labute approximate surface area is 136 Å². The molecule has 120 valence electrons. The number of aliphatic hydroxyl groups is 1. The predicted molar refractivity (Wildman–Crippen MR) is 89.7 cm³/mol. The van der Waals surface area contributed by atoms with Crippen LogP contribution < -0.4 is 9.64 Å². The number of carbonyl (C=O) groups is 1. The highest BCUT2D eigenvalue weighted by Crippen LogP contribution is 2.36. The second-order valence-electron chi connectivity index (χ2n) is 5.76. The molecule has 1 atom stereocenters. The Balaban J connectivity index is 1.78. The van der Waals surface area contributed by atoms with E-state index in [-0.39, 0.29) is 5.91 Å². The largest absolute Gasteiger partial charge is 0.497 e. The van der Waals surface area contributed by atoms with E-state index >= 15 is 0 Å². The zero-order valence-corrected chi connectivity index (χ0v) is 13.2. The third-order valence-corrected chi connectivity index (χ3v) is 4.28. The van der Waals surface area contributed by atoms with Gasteiger partial charge in [0.25, 0.3) is 0 Å². The summed E-state index contributed by atoms with van der Waals surface area (Å²) in [6.07, 6.45) is 1.22. The lowest BCUT2D eigenvalue weighted by Gasteiger charge is -2.32. The van der Waals surface area contributed by atoms with Gasteiger partial charge in [-0.3, -0.25) is 4.79 Å². The molecule has 3 rings (SSSR count). The number of amides is 1. The summed E-state index contributed by atoms with van der Waals surface area (Å²) < 4.78 is 5.25. The maximum absolute atomic E-state index is 12.6. The van der Waals surface area contributed by atoms with E-state index in [4.69, 9.17) is 4.74 Å². The molecule has 1 unspecified atom stereocenters. The van der Waals surface area contributed by atoms with E-state index in [2.05, 4.69) is 0 Å². The fourth-order valence-corrected chi connectivity index (χ4v) is 2.98. The average molecular weight is 311 g/mol. The van der Waals surface area contributed by atoms with E-state index in [1.165, 1.54) is 0 Å². The highest BCUT2D eigenvalue weighted by molar-refractivity contribution is 5.95. The topological polar surface area (TPSA) is 49.8 Å². The van der Waals surface area contributed by atoms with Crippen LogP contribution in [-0.2, 0) is 11.2 Å². The molecule has 0 bridgehead atoms. The van der Waals surface area contributed by atoms with Crippen LogP contribution in [0.15, 0.2) is 48.5 Å². The maximum Gasteiger partial charge on any atom is 0.227 e. The molecule has 1 aliphatic rings. The number of hydrogen-bond donors (Lipinski definition) is 1. The van der Waals surface area contributed by atoms with E-state index in [1.807, 2.05) is 48.5 Å². The zero-order chi connectivity index (χ0) is 16.2. The van der Waals surface area contributed by atoms with Crippen LogP contribution >= 0.6 is 0 Å². The molecule has 0 aliphatic carbocycles. The van der Waals surface area contributed by atoms with Gasteiger partial charge in [0, 0.05) is 24.6 Å². The quantitative estimate of drug-likeness (QED) is 0.944. The summed E-state index contributed by atoms with van der Waals surface area (Å²) in [4.78, 5) is 14.4. The van der Waals surface area contributed by atoms with Crippen LogP contribution in [0, 0.1) is 0 Å². The normalized spacial score (nSPS) is 16.8. The van der Waals surface area contributed by atoms with Crippen molar-refractivity contribution in [3.63, 3.8) is 0 Å². The minimum absolute atomic E-state index is 0.0789. The molecule has 4 heteroatoms. The van der Waals surface area contributed by atoms with Gasteiger partial charge in [-0.25, -0.2) is 0 Å². The number of aliphatic hydroxyl groups excluding tert-OH is 1. The molecular formula is C19H21NO3. The van der Waals surface area contributed by atoms with E-state index in [0.717, 1.165) is 23.2 Å². The standard InChI is InChI=1S/C19H21NO3/c1-23-15-8-9-16-17(13-15)20(12-11-18(16)21)19(22)10-7-14-5-3-2-4-6-14/h2-6,8-9,13,18,21H,7,10-12H2,1H3. The van der Waals surface area contributed by atoms with Crippen LogP contribution in [0.25, 0.3) is 0 Å². The van der Waals surface area contributed by atoms with Crippen LogP contribution in [0.3, 0.4) is 0 Å². The number of benzene rings is 2. The summed E-state index contributed by atoms with van der Waals surface area (Å²) in [5, 5.41) is 10.2. The third-order valence-electron chi connectivity index (χ3n) is 4.28. The molecule has 0 radical (unpaired) electrons. The summed E-state index contributed by atoms with van der Waals surface area (Å²) in [5.41, 5.74) is 2.72. The average Bonchev–Trinajstić information content (AvgIpc) is 2.60. The minimum Gasteiger partial charge on any atom is -0.497 e. The number of hydrogen-bond acceptors (Lipinski definition) is 3. The van der Waals surface area contributed by atoms with Crippen molar-refractivity contribution in [1.82, 2.24) is 0 Å². The van der Waals surface area contributed by atoms with Crippen molar-refractivity contribution in [1.29, 1.82) is 0 Å². The van der Waals surface area contributed by atoms with E-state index in [9.17, 15) is 9.90 Å². The molecule has 23 heavy (non-hydrogen) atoms. The van der Waals surface area contributed by atoms with Gasteiger partial charge in [0.2, 0.25) is 5.91 Å². The third kappa shape index (κ3) is 3.37. The second kappa shape index (κ2) is 6.84. The van der Waals surface area contributed by atoms with Crippen molar-refractivity contribution < 1.29 is 14.6 Å². The van der Waals surface area contributed by atoms with E-state index in [0.29, 0.717) is 25.1 Å². The predicted octanol–water partition coefficient (Wildman–Crippen LogP) is 3.10. The van der Waals surface area contributed by atoms with Crippen molar-refractivity contribution in [2.45, 2.75) is 25.4 Å². The number of nitrogens with zero attached hydrogens (tertiary/aromatic N) is 1. The van der Waals surface area contributed by atoms with Gasteiger partial charge in [0.15, 0.2) is 0 Å². The monoisotopic (exact) mass is 311 g/mol. The summed E-state index contributed by atoms with van der Waals surface area (Å²) in [6, 6.07) is 15.5. The Bertz CT molecular complexity index is 684. The van der Waals surface area contributed by atoms with Gasteiger partial charge >= 0.3 is 0 Å². The number of rotatable bonds is 4. The first-order valence-corrected chi connectivity index (χ1v) is 7.89. The van der Waals surface area contributed by atoms with Crippen LogP contribution in [0.1, 0.15) is 30.1 Å². The second-order valence-corrected chi connectivity index (χ2v) is 5.76. The van der Waals surface area contributed by atoms with Crippen molar-refractivity contribution in [3.8, 4) is 5.75 Å². The fourth-order valence-electron chi connectivity index (χ4n) is 2.98. The zero-order valence-electron chi connectivity index (χ0n) is 13.2. The Morgan fingerprint density at radius 2 is 2.04 bits per heavy atom. The van der Waals surface area contributed by atoms with Gasteiger partial charge in [-0.05, 0) is 24.5 Å². The van der Waals surface area contributed by atoms with Crippen LogP contribution in [0.2, 0.25) is 0 Å². The summed E-state index contributed by atoms with van der Waals surface area (Å²) in [7, 11) is 1.60. The maximum atomic E-state index is 12.6. The fraction of sp³-hybridized carbons (Fsp3) is 0.316. The van der Waals surface area contributed by atoms with Gasteiger partial charge in [0.05, 0.1) is 18.9 Å². The highest BCUT2D eigenvalue weighted by Gasteiger charge is 2.27. The number of aryl methyl sites for hydroxylation is 1. The SMILES string of the molecule is COc1ccc2c(c1)N(C(=O)CCc1ccccc1)CCC2O. The van der Waals surface area contributed by atoms with Crippen molar-refractivity contribution >= 4 is 11.6 Å². The van der Waals surface area contributed by atoms with Gasteiger partial charge in [-0.1, -0.05) is 36.4 Å². The number of ether oxygens (including phenoxy) is 1. The lowest BCUT2D eigenvalue weighted by Crippen LogP contribution is -2.36. The lowest BCUT2D eigenvalue weighted by molar-refractivity contribution is -0.118. The number of fused-ring (bicyclic) bond motifs is 1. The number of anilines is 1. The highest BCUT2D eigenvalue weighted by atomic mass is 16.5. The molecule has 0 saturated carbocycles. The summed E-state index contributed by atoms with van der Waals surface area (Å²) >= 11 is 0. The molecular weight excluding hydrogens is 290 g/mol. The Hall–Kier alpha value is -2.33. The lowest BCUT2D eigenvalue weighted by atomic mass is 9.98. The summed E-state index contributed by atoms with van der Waals surface area (Å²) in [6.45, 7) is 0.537. The first kappa shape index (κ1) is 15.6. The van der Waals surface area contributed by atoms with Crippen molar-refractivity contribution in [2.24, 2.45) is 0 Å². The van der Waals surface area contributed by atoms with Gasteiger partial charge in [-0.15, -0.1) is 0 Å². The molecule has 0 aromatic heterocycles. The van der Waals surface area contributed by atoms with Crippen LogP contribution in [0.4, 0.5) is 5.69 Å². The van der Waals surface area contributed by atoms with Crippen LogP contribution in [0.5, 0.6) is 5.75 Å².